The number of benzene rings is 2. The van der Waals surface area contributed by atoms with Gasteiger partial charge in [-0.05, 0) is 49.9 Å². The van der Waals surface area contributed by atoms with Crippen molar-refractivity contribution in [3.05, 3.63) is 59.2 Å². The fourth-order valence-corrected chi connectivity index (χ4v) is 3.82. The number of fused-ring (bicyclic) bond motifs is 1. The molecule has 0 aliphatic carbocycles. The Morgan fingerprint density at radius 1 is 1.18 bits per heavy atom. The first-order valence-electron chi connectivity index (χ1n) is 9.39. The van der Waals surface area contributed by atoms with Crippen LogP contribution >= 0.6 is 11.8 Å². The van der Waals surface area contributed by atoms with Gasteiger partial charge in [0.2, 0.25) is 5.91 Å². The minimum atomic E-state index is -0.00877. The van der Waals surface area contributed by atoms with Crippen LogP contribution in [-0.2, 0) is 11.2 Å². The van der Waals surface area contributed by atoms with E-state index in [1.54, 1.807) is 0 Å². The summed E-state index contributed by atoms with van der Waals surface area (Å²) in [5.41, 5.74) is 4.95. The van der Waals surface area contributed by atoms with Crippen LogP contribution in [0.5, 0.6) is 0 Å². The minimum Gasteiger partial charge on any atom is -0.354 e. The van der Waals surface area contributed by atoms with Crippen molar-refractivity contribution in [2.24, 2.45) is 0 Å². The minimum absolute atomic E-state index is 0.00877. The molecule has 1 amide bonds. The van der Waals surface area contributed by atoms with E-state index in [-0.39, 0.29) is 17.7 Å². The van der Waals surface area contributed by atoms with Crippen molar-refractivity contribution < 1.29 is 9.59 Å². The summed E-state index contributed by atoms with van der Waals surface area (Å²) in [6, 6.07) is 13.9. The van der Waals surface area contributed by atoms with Gasteiger partial charge >= 0.3 is 0 Å². The molecule has 3 aromatic rings. The highest BCUT2D eigenvalue weighted by Gasteiger charge is 2.10. The molecular formula is C22H25N3O2S. The zero-order valence-corrected chi connectivity index (χ0v) is 17.2. The van der Waals surface area contributed by atoms with Crippen LogP contribution in [0.4, 0.5) is 0 Å². The topological polar surface area (TPSA) is 74.8 Å². The maximum Gasteiger partial charge on any atom is 0.217 e. The Morgan fingerprint density at radius 2 is 1.93 bits per heavy atom. The number of ketones is 1. The lowest BCUT2D eigenvalue weighted by Crippen LogP contribution is -2.30. The molecule has 0 radical (unpaired) electrons. The van der Waals surface area contributed by atoms with Gasteiger partial charge in [0.15, 0.2) is 10.9 Å². The molecule has 1 unspecified atom stereocenters. The second-order valence-electron chi connectivity index (χ2n) is 7.11. The summed E-state index contributed by atoms with van der Waals surface area (Å²) in [6.45, 7) is 5.57. The molecule has 0 fully saturated rings. The van der Waals surface area contributed by atoms with Crippen LogP contribution in [0, 0.1) is 6.92 Å². The molecule has 1 atom stereocenters. The van der Waals surface area contributed by atoms with Crippen LogP contribution in [0.1, 0.15) is 41.8 Å². The van der Waals surface area contributed by atoms with Crippen LogP contribution in [0.2, 0.25) is 0 Å². The van der Waals surface area contributed by atoms with Crippen LogP contribution in [-0.4, -0.2) is 33.5 Å². The Balaban J connectivity index is 1.53. The summed E-state index contributed by atoms with van der Waals surface area (Å²) in [5, 5.41) is 3.64. The second kappa shape index (κ2) is 9.06. The number of carbonyl (C=O) groups excluding carboxylic acids is 2. The van der Waals surface area contributed by atoms with Gasteiger partial charge in [-0.3, -0.25) is 9.59 Å². The van der Waals surface area contributed by atoms with E-state index >= 15 is 0 Å². The largest absolute Gasteiger partial charge is 0.354 e. The lowest BCUT2D eigenvalue weighted by Gasteiger charge is -2.12. The van der Waals surface area contributed by atoms with Gasteiger partial charge in [0.1, 0.15) is 0 Å². The Labute approximate surface area is 169 Å². The Hall–Kier alpha value is -2.60. The fourth-order valence-electron chi connectivity index (χ4n) is 3.05. The predicted octanol–water partition coefficient (Wildman–Crippen LogP) is 4.30. The number of carbonyl (C=O) groups is 2. The smallest absolute Gasteiger partial charge is 0.217 e. The highest BCUT2D eigenvalue weighted by atomic mass is 32.2. The van der Waals surface area contributed by atoms with E-state index in [1.807, 2.05) is 50.2 Å². The second-order valence-corrected chi connectivity index (χ2v) is 8.08. The van der Waals surface area contributed by atoms with E-state index < -0.39 is 0 Å². The molecule has 2 N–H and O–H groups in total. The molecule has 0 saturated carbocycles. The van der Waals surface area contributed by atoms with Crippen molar-refractivity contribution in [2.45, 2.75) is 44.8 Å². The van der Waals surface area contributed by atoms with Crippen LogP contribution < -0.4 is 5.32 Å². The average molecular weight is 396 g/mol. The highest BCUT2D eigenvalue weighted by Crippen LogP contribution is 2.21. The summed E-state index contributed by atoms with van der Waals surface area (Å²) in [6.07, 6.45) is 1.73. The van der Waals surface area contributed by atoms with Gasteiger partial charge in [0, 0.05) is 18.5 Å². The van der Waals surface area contributed by atoms with E-state index in [4.69, 9.17) is 0 Å². The molecule has 6 heteroatoms. The number of aryl methyl sites for hydroxylation is 2. The first-order chi connectivity index (χ1) is 13.4. The summed E-state index contributed by atoms with van der Waals surface area (Å²) in [5.74, 6) is 0.419. The van der Waals surface area contributed by atoms with Crippen molar-refractivity contribution in [1.29, 1.82) is 0 Å². The lowest BCUT2D eigenvalue weighted by atomic mass is 10.0. The van der Waals surface area contributed by atoms with Gasteiger partial charge in [-0.1, -0.05) is 42.1 Å². The number of nitrogens with one attached hydrogen (secondary N) is 2. The highest BCUT2D eigenvalue weighted by molar-refractivity contribution is 7.99. The number of thioether (sulfide) groups is 1. The molecule has 1 heterocycles. The summed E-state index contributed by atoms with van der Waals surface area (Å²) < 4.78 is 0. The van der Waals surface area contributed by atoms with Crippen LogP contribution in [0.25, 0.3) is 11.0 Å². The summed E-state index contributed by atoms with van der Waals surface area (Å²) in [4.78, 5) is 31.3. The average Bonchev–Trinajstić information content (AvgIpc) is 3.06. The van der Waals surface area contributed by atoms with Gasteiger partial charge in [0.25, 0.3) is 0 Å². The van der Waals surface area contributed by atoms with Crippen molar-refractivity contribution in [2.75, 3.05) is 5.75 Å². The molecule has 1 aromatic heterocycles. The van der Waals surface area contributed by atoms with E-state index in [9.17, 15) is 9.59 Å². The monoisotopic (exact) mass is 395 g/mol. The molecule has 2 aromatic carbocycles. The molecule has 0 aliphatic rings. The third-order valence-corrected chi connectivity index (χ3v) is 5.42. The van der Waals surface area contributed by atoms with Crippen LogP contribution in [0.15, 0.2) is 47.6 Å². The summed E-state index contributed by atoms with van der Waals surface area (Å²) >= 11 is 1.42. The number of hydrogen-bond acceptors (Lipinski definition) is 4. The van der Waals surface area contributed by atoms with Crippen molar-refractivity contribution >= 4 is 34.5 Å². The number of imidazole rings is 1. The molecule has 3 rings (SSSR count). The van der Waals surface area contributed by atoms with Gasteiger partial charge in [-0.15, -0.1) is 0 Å². The number of rotatable bonds is 8. The first kappa shape index (κ1) is 20.1. The van der Waals surface area contributed by atoms with Crippen molar-refractivity contribution in [3.63, 3.8) is 0 Å². The maximum atomic E-state index is 12.5. The van der Waals surface area contributed by atoms with E-state index in [2.05, 4.69) is 21.4 Å². The fraction of sp³-hybridized carbons (Fsp3) is 0.318. The normalized spacial score (nSPS) is 12.1. The molecule has 0 aliphatic heterocycles. The third kappa shape index (κ3) is 5.45. The number of H-pyrrole nitrogens is 1. The van der Waals surface area contributed by atoms with E-state index in [1.165, 1.54) is 24.2 Å². The Kier molecular flexibility index (Phi) is 6.52. The third-order valence-electron chi connectivity index (χ3n) is 4.55. The number of amides is 1. The van der Waals surface area contributed by atoms with Crippen molar-refractivity contribution in [3.8, 4) is 0 Å². The van der Waals surface area contributed by atoms with Crippen LogP contribution in [0.3, 0.4) is 0 Å². The SMILES string of the molecule is CC(=O)NC(C)CCc1ccc(C(=O)CSc2nc3ccc(C)cc3[nH]2)cc1. The Morgan fingerprint density at radius 3 is 2.64 bits per heavy atom. The number of hydrogen-bond donors (Lipinski definition) is 2. The van der Waals surface area contributed by atoms with Gasteiger partial charge in [-0.25, -0.2) is 4.98 Å². The predicted molar refractivity (Wildman–Crippen MR) is 114 cm³/mol. The number of aromatic amines is 1. The maximum absolute atomic E-state index is 12.5. The quantitative estimate of drug-likeness (QED) is 0.440. The number of nitrogens with zero attached hydrogens (tertiary/aromatic N) is 1. The van der Waals surface area contributed by atoms with Gasteiger partial charge in [-0.2, -0.15) is 0 Å². The first-order valence-corrected chi connectivity index (χ1v) is 10.4. The summed E-state index contributed by atoms with van der Waals surface area (Å²) in [7, 11) is 0. The zero-order valence-electron chi connectivity index (χ0n) is 16.4. The molecule has 28 heavy (non-hydrogen) atoms. The molecule has 146 valence electrons. The zero-order chi connectivity index (χ0) is 20.1. The molecule has 0 bridgehead atoms. The molecule has 0 saturated heterocycles. The van der Waals surface area contributed by atoms with Gasteiger partial charge < -0.3 is 10.3 Å². The molecular weight excluding hydrogens is 370 g/mol. The standard InChI is InChI=1S/C22H25N3O2S/c1-14-4-11-19-20(12-14)25-22(24-19)28-13-21(27)18-9-7-17(8-10-18)6-5-15(2)23-16(3)26/h4,7-12,15H,5-6,13H2,1-3H3,(H,23,26)(H,24,25). The van der Waals surface area contributed by atoms with Crippen molar-refractivity contribution in [1.82, 2.24) is 15.3 Å². The van der Waals surface area contributed by atoms with E-state index in [0.29, 0.717) is 11.3 Å². The lowest BCUT2D eigenvalue weighted by molar-refractivity contribution is -0.119. The molecule has 5 nitrogen and oxygen atoms in total. The van der Waals surface area contributed by atoms with Gasteiger partial charge in [0.05, 0.1) is 16.8 Å². The Bertz CT molecular complexity index is 979. The van der Waals surface area contributed by atoms with E-state index in [0.717, 1.165) is 34.6 Å². The molecule has 0 spiro atoms. The number of aromatic nitrogens is 2. The number of Topliss-reactive ketones (excluding diaryl/α,β-unsaturated/α-hetero) is 1.